The van der Waals surface area contributed by atoms with Crippen LogP contribution < -0.4 is 14.2 Å². The molecule has 9 nitrogen and oxygen atoms in total. The Morgan fingerprint density at radius 2 is 1.76 bits per heavy atom. The highest BCUT2D eigenvalue weighted by molar-refractivity contribution is 7.89. The van der Waals surface area contributed by atoms with E-state index in [9.17, 15) is 12.8 Å². The molecule has 0 radical (unpaired) electrons. The summed E-state index contributed by atoms with van der Waals surface area (Å²) in [6.07, 6.45) is 1.37. The summed E-state index contributed by atoms with van der Waals surface area (Å²) in [7, 11) is -3.96. The molecular formula is C18H20FN5O4S. The van der Waals surface area contributed by atoms with Crippen LogP contribution in [0.25, 0.3) is 5.69 Å². The predicted octanol–water partition coefficient (Wildman–Crippen LogP) is 2.08. The molecule has 29 heavy (non-hydrogen) atoms. The summed E-state index contributed by atoms with van der Waals surface area (Å²) in [5.74, 6) is 0.0215. The number of sulfonamides is 1. The third-order valence-electron chi connectivity index (χ3n) is 3.89. The molecule has 0 atom stereocenters. The molecule has 0 saturated carbocycles. The van der Waals surface area contributed by atoms with E-state index in [1.807, 2.05) is 0 Å². The molecule has 0 aliphatic carbocycles. The number of benzene rings is 2. The van der Waals surface area contributed by atoms with Gasteiger partial charge in [0, 0.05) is 18.7 Å². The fourth-order valence-corrected chi connectivity index (χ4v) is 3.75. The molecule has 0 fully saturated rings. The van der Waals surface area contributed by atoms with E-state index in [-0.39, 0.29) is 29.5 Å². The smallest absolute Gasteiger partial charge is 0.244 e. The van der Waals surface area contributed by atoms with E-state index in [4.69, 9.17) is 9.47 Å². The Labute approximate surface area is 167 Å². The minimum absolute atomic E-state index is 0.00705. The molecule has 1 N–H and O–H groups in total. The van der Waals surface area contributed by atoms with Crippen molar-refractivity contribution in [3.05, 3.63) is 54.1 Å². The standard InChI is InChI=1S/C18H20FN5O4S/c1-3-27-16-10-18(17(28-4-2)9-15(16)24-12-20-22-23-24)29(25,26)21-11-13-5-7-14(19)8-6-13/h5-10,12,21H,3-4,11H2,1-2H3. The highest BCUT2D eigenvalue weighted by atomic mass is 32.2. The largest absolute Gasteiger partial charge is 0.492 e. The fraction of sp³-hybridized carbons (Fsp3) is 0.278. The van der Waals surface area contributed by atoms with E-state index in [0.717, 1.165) is 0 Å². The lowest BCUT2D eigenvalue weighted by Gasteiger charge is -2.16. The summed E-state index contributed by atoms with van der Waals surface area (Å²) in [6.45, 7) is 4.08. The first-order chi connectivity index (χ1) is 13.9. The van der Waals surface area contributed by atoms with Crippen molar-refractivity contribution in [2.75, 3.05) is 13.2 Å². The van der Waals surface area contributed by atoms with Crippen molar-refractivity contribution in [3.8, 4) is 17.2 Å². The molecule has 0 aliphatic rings. The second kappa shape index (κ2) is 8.97. The van der Waals surface area contributed by atoms with Crippen molar-refractivity contribution >= 4 is 10.0 Å². The maximum Gasteiger partial charge on any atom is 0.244 e. The first-order valence-corrected chi connectivity index (χ1v) is 10.3. The summed E-state index contributed by atoms with van der Waals surface area (Å²) in [4.78, 5) is -0.0817. The molecule has 154 valence electrons. The van der Waals surface area contributed by atoms with E-state index >= 15 is 0 Å². The number of nitrogens with zero attached hydrogens (tertiary/aromatic N) is 4. The molecule has 0 unspecified atom stereocenters. The van der Waals surface area contributed by atoms with Gasteiger partial charge in [0.25, 0.3) is 0 Å². The summed E-state index contributed by atoms with van der Waals surface area (Å²) in [5.41, 5.74) is 1.06. The van der Waals surface area contributed by atoms with Crippen molar-refractivity contribution in [2.24, 2.45) is 0 Å². The van der Waals surface area contributed by atoms with Gasteiger partial charge in [-0.25, -0.2) is 17.5 Å². The molecule has 0 spiro atoms. The van der Waals surface area contributed by atoms with Crippen LogP contribution in [-0.2, 0) is 16.6 Å². The first-order valence-electron chi connectivity index (χ1n) is 8.85. The summed E-state index contributed by atoms with van der Waals surface area (Å²) in [5, 5.41) is 11.0. The summed E-state index contributed by atoms with van der Waals surface area (Å²) < 4.78 is 54.0. The number of rotatable bonds is 9. The Bertz CT molecular complexity index is 1060. The van der Waals surface area contributed by atoms with Crippen LogP contribution in [-0.4, -0.2) is 41.8 Å². The zero-order valence-corrected chi connectivity index (χ0v) is 16.7. The van der Waals surface area contributed by atoms with Crippen LogP contribution in [0.2, 0.25) is 0 Å². The lowest BCUT2D eigenvalue weighted by Crippen LogP contribution is -2.24. The number of aromatic nitrogens is 4. The van der Waals surface area contributed by atoms with Gasteiger partial charge < -0.3 is 9.47 Å². The molecule has 1 heterocycles. The average molecular weight is 421 g/mol. The van der Waals surface area contributed by atoms with Gasteiger partial charge in [0.2, 0.25) is 10.0 Å². The molecule has 3 aromatic rings. The Morgan fingerprint density at radius 1 is 1.07 bits per heavy atom. The normalized spacial score (nSPS) is 11.4. The predicted molar refractivity (Wildman–Crippen MR) is 102 cm³/mol. The monoisotopic (exact) mass is 421 g/mol. The van der Waals surface area contributed by atoms with Crippen LogP contribution in [0.5, 0.6) is 11.5 Å². The van der Waals surface area contributed by atoms with Gasteiger partial charge in [0.1, 0.15) is 34.2 Å². The lowest BCUT2D eigenvalue weighted by atomic mass is 10.2. The maximum atomic E-state index is 13.0. The van der Waals surface area contributed by atoms with Gasteiger partial charge in [-0.1, -0.05) is 12.1 Å². The molecule has 11 heteroatoms. The number of hydrogen-bond acceptors (Lipinski definition) is 7. The van der Waals surface area contributed by atoms with E-state index in [0.29, 0.717) is 17.9 Å². The van der Waals surface area contributed by atoms with Gasteiger partial charge in [-0.05, 0) is 42.0 Å². The number of ether oxygens (including phenoxy) is 2. The number of tetrazole rings is 1. The van der Waals surface area contributed by atoms with E-state index in [1.54, 1.807) is 13.8 Å². The summed E-state index contributed by atoms with van der Waals surface area (Å²) >= 11 is 0. The van der Waals surface area contributed by atoms with Crippen molar-refractivity contribution in [1.82, 2.24) is 24.9 Å². The number of nitrogens with one attached hydrogen (secondary N) is 1. The van der Waals surface area contributed by atoms with Gasteiger partial charge in [0.15, 0.2) is 0 Å². The van der Waals surface area contributed by atoms with Crippen molar-refractivity contribution in [2.45, 2.75) is 25.3 Å². The Balaban J connectivity index is 1.99. The third-order valence-corrected chi connectivity index (χ3v) is 5.31. The maximum absolute atomic E-state index is 13.0. The van der Waals surface area contributed by atoms with Crippen LogP contribution in [0.1, 0.15) is 19.4 Å². The third kappa shape index (κ3) is 4.87. The highest BCUT2D eigenvalue weighted by Gasteiger charge is 2.24. The Morgan fingerprint density at radius 3 is 2.38 bits per heavy atom. The van der Waals surface area contributed by atoms with Gasteiger partial charge >= 0.3 is 0 Å². The van der Waals surface area contributed by atoms with Crippen molar-refractivity contribution in [1.29, 1.82) is 0 Å². The number of halogens is 1. The van der Waals surface area contributed by atoms with Crippen LogP contribution in [0.15, 0.2) is 47.6 Å². The van der Waals surface area contributed by atoms with Crippen LogP contribution in [0.4, 0.5) is 4.39 Å². The second-order valence-electron chi connectivity index (χ2n) is 5.84. The minimum atomic E-state index is -3.96. The van der Waals surface area contributed by atoms with Gasteiger partial charge in [-0.2, -0.15) is 4.68 Å². The van der Waals surface area contributed by atoms with Crippen LogP contribution in [0.3, 0.4) is 0 Å². The van der Waals surface area contributed by atoms with E-state index in [2.05, 4.69) is 20.2 Å². The highest BCUT2D eigenvalue weighted by Crippen LogP contribution is 2.34. The quantitative estimate of drug-likeness (QED) is 0.563. The van der Waals surface area contributed by atoms with Crippen molar-refractivity contribution in [3.63, 3.8) is 0 Å². The zero-order chi connectivity index (χ0) is 20.9. The molecule has 2 aromatic carbocycles. The fourth-order valence-electron chi connectivity index (χ4n) is 2.59. The average Bonchev–Trinajstić information content (AvgIpc) is 3.23. The molecular weight excluding hydrogens is 401 g/mol. The topological polar surface area (TPSA) is 108 Å². The Hall–Kier alpha value is -3.05. The summed E-state index contributed by atoms with van der Waals surface area (Å²) in [6, 6.07) is 8.43. The Kier molecular flexibility index (Phi) is 6.39. The van der Waals surface area contributed by atoms with Crippen LogP contribution in [0, 0.1) is 5.82 Å². The van der Waals surface area contributed by atoms with Gasteiger partial charge in [0.05, 0.1) is 13.2 Å². The second-order valence-corrected chi connectivity index (χ2v) is 7.57. The molecule has 0 saturated heterocycles. The lowest BCUT2D eigenvalue weighted by molar-refractivity contribution is 0.321. The van der Waals surface area contributed by atoms with Crippen LogP contribution >= 0.6 is 0 Å². The van der Waals surface area contributed by atoms with Crippen molar-refractivity contribution < 1.29 is 22.3 Å². The minimum Gasteiger partial charge on any atom is -0.492 e. The molecule has 0 amide bonds. The molecule has 1 aromatic heterocycles. The van der Waals surface area contributed by atoms with Gasteiger partial charge in [-0.15, -0.1) is 5.10 Å². The molecule has 3 rings (SSSR count). The van der Waals surface area contributed by atoms with E-state index < -0.39 is 15.8 Å². The zero-order valence-electron chi connectivity index (χ0n) is 15.9. The SMILES string of the molecule is CCOc1cc(S(=O)(=O)NCc2ccc(F)cc2)c(OCC)cc1-n1cnnn1. The first kappa shape index (κ1) is 20.7. The molecule has 0 aliphatic heterocycles. The van der Waals surface area contributed by atoms with E-state index in [1.165, 1.54) is 47.4 Å². The number of hydrogen-bond donors (Lipinski definition) is 1. The molecule has 0 bridgehead atoms. The van der Waals surface area contributed by atoms with Gasteiger partial charge in [-0.3, -0.25) is 0 Å².